The average Bonchev–Trinajstić information content (AvgIpc) is 3.01. The van der Waals surface area contributed by atoms with Gasteiger partial charge in [-0.2, -0.15) is 5.10 Å². The van der Waals surface area contributed by atoms with Crippen LogP contribution in [0, 0.1) is 0 Å². The molecule has 0 saturated carbocycles. The molecule has 114 valence electrons. The first-order valence-electron chi connectivity index (χ1n) is 6.92. The van der Waals surface area contributed by atoms with Gasteiger partial charge in [0.15, 0.2) is 0 Å². The number of H-pyrrole nitrogens is 1. The Morgan fingerprint density at radius 1 is 1.24 bits per heavy atom. The number of hydrogen-bond donors (Lipinski definition) is 2. The van der Waals surface area contributed by atoms with Gasteiger partial charge in [0.2, 0.25) is 0 Å². The van der Waals surface area contributed by atoms with Crippen LogP contribution in [0.5, 0.6) is 5.75 Å². The van der Waals surface area contributed by atoms with Gasteiger partial charge in [0, 0.05) is 18.7 Å². The van der Waals surface area contributed by atoms with E-state index in [9.17, 15) is 0 Å². The zero-order valence-corrected chi connectivity index (χ0v) is 12.9. The Morgan fingerprint density at radius 3 is 2.67 bits per heavy atom. The highest BCUT2D eigenvalue weighted by atomic mass is 16.5. The average molecular weight is 290 g/mol. The summed E-state index contributed by atoms with van der Waals surface area (Å²) in [6.45, 7) is 4.70. The molecule has 2 atom stereocenters. The van der Waals surface area contributed by atoms with Gasteiger partial charge in [-0.3, -0.25) is 5.10 Å². The Labute approximate surface area is 124 Å². The predicted octanol–water partition coefficient (Wildman–Crippen LogP) is 2.37. The van der Waals surface area contributed by atoms with Gasteiger partial charge < -0.3 is 14.8 Å². The van der Waals surface area contributed by atoms with Gasteiger partial charge in [-0.15, -0.1) is 0 Å². The molecule has 6 heteroatoms. The summed E-state index contributed by atoms with van der Waals surface area (Å²) in [6.07, 6.45) is 1.52. The molecule has 0 amide bonds. The Balaban J connectivity index is 2.11. The molecule has 2 unspecified atom stereocenters. The monoisotopic (exact) mass is 290 g/mol. The summed E-state index contributed by atoms with van der Waals surface area (Å²) in [5.41, 5.74) is 2.22. The van der Waals surface area contributed by atoms with Crippen molar-refractivity contribution in [3.8, 4) is 5.75 Å². The second kappa shape index (κ2) is 7.19. The molecule has 0 radical (unpaired) electrons. The molecule has 2 rings (SSSR count). The van der Waals surface area contributed by atoms with Crippen molar-refractivity contribution in [1.29, 1.82) is 0 Å². The minimum atomic E-state index is 0.0930. The van der Waals surface area contributed by atoms with Crippen molar-refractivity contribution in [3.05, 3.63) is 41.5 Å². The van der Waals surface area contributed by atoms with Crippen molar-refractivity contribution in [2.24, 2.45) is 0 Å². The normalized spacial score (nSPS) is 13.9. The fourth-order valence-electron chi connectivity index (χ4n) is 2.31. The van der Waals surface area contributed by atoms with Crippen molar-refractivity contribution >= 4 is 0 Å². The largest absolute Gasteiger partial charge is 0.496 e. The van der Waals surface area contributed by atoms with Gasteiger partial charge in [0.05, 0.1) is 19.8 Å². The molecule has 0 fully saturated rings. The van der Waals surface area contributed by atoms with Crippen LogP contribution in [0.4, 0.5) is 0 Å². The number of hydrogen-bond acceptors (Lipinski definition) is 5. The maximum Gasteiger partial charge on any atom is 0.141 e. The van der Waals surface area contributed by atoms with Crippen LogP contribution < -0.4 is 10.1 Å². The standard InChI is InChI=1S/C15H22N4O2/c1-10(18-11(2)15-16-9-17-19-15)12-5-6-14(21-4)13(7-12)8-20-3/h5-7,9-11,18H,8H2,1-4H3,(H,16,17,19). The second-order valence-electron chi connectivity index (χ2n) is 4.99. The number of rotatable bonds is 7. The molecular weight excluding hydrogens is 268 g/mol. The fraction of sp³-hybridized carbons (Fsp3) is 0.467. The Kier molecular flexibility index (Phi) is 5.30. The molecule has 1 heterocycles. The van der Waals surface area contributed by atoms with E-state index in [4.69, 9.17) is 9.47 Å². The molecule has 1 aromatic carbocycles. The zero-order valence-electron chi connectivity index (χ0n) is 12.9. The number of aromatic amines is 1. The van der Waals surface area contributed by atoms with Crippen LogP contribution in [0.25, 0.3) is 0 Å². The van der Waals surface area contributed by atoms with E-state index in [1.165, 1.54) is 11.9 Å². The molecule has 0 bridgehead atoms. The van der Waals surface area contributed by atoms with E-state index in [1.807, 2.05) is 6.07 Å². The molecule has 0 aliphatic rings. The molecule has 21 heavy (non-hydrogen) atoms. The number of nitrogens with one attached hydrogen (secondary N) is 2. The molecule has 6 nitrogen and oxygen atoms in total. The lowest BCUT2D eigenvalue weighted by molar-refractivity contribution is 0.181. The zero-order chi connectivity index (χ0) is 15.2. The molecule has 2 aromatic rings. The first kappa shape index (κ1) is 15.5. The van der Waals surface area contributed by atoms with Crippen LogP contribution in [0.15, 0.2) is 24.5 Å². The second-order valence-corrected chi connectivity index (χ2v) is 4.99. The summed E-state index contributed by atoms with van der Waals surface area (Å²) in [5, 5.41) is 10.2. The van der Waals surface area contributed by atoms with E-state index in [-0.39, 0.29) is 12.1 Å². The fourth-order valence-corrected chi connectivity index (χ4v) is 2.31. The van der Waals surface area contributed by atoms with Gasteiger partial charge in [-0.25, -0.2) is 4.98 Å². The first-order valence-corrected chi connectivity index (χ1v) is 6.92. The van der Waals surface area contributed by atoms with Crippen molar-refractivity contribution in [1.82, 2.24) is 20.5 Å². The minimum absolute atomic E-state index is 0.0930. The predicted molar refractivity (Wildman–Crippen MR) is 80.1 cm³/mol. The van der Waals surface area contributed by atoms with Gasteiger partial charge in [0.1, 0.15) is 17.9 Å². The van der Waals surface area contributed by atoms with Gasteiger partial charge in [-0.05, 0) is 31.5 Å². The lowest BCUT2D eigenvalue weighted by atomic mass is 10.0. The van der Waals surface area contributed by atoms with Gasteiger partial charge in [-0.1, -0.05) is 6.07 Å². The van der Waals surface area contributed by atoms with E-state index < -0.39 is 0 Å². The third-order valence-electron chi connectivity index (χ3n) is 3.45. The molecule has 0 saturated heterocycles. The Morgan fingerprint density at radius 2 is 2.05 bits per heavy atom. The van der Waals surface area contributed by atoms with Gasteiger partial charge >= 0.3 is 0 Å². The highest BCUT2D eigenvalue weighted by Gasteiger charge is 2.14. The van der Waals surface area contributed by atoms with Crippen molar-refractivity contribution in [3.63, 3.8) is 0 Å². The van der Waals surface area contributed by atoms with Crippen LogP contribution in [0.3, 0.4) is 0 Å². The van der Waals surface area contributed by atoms with Crippen LogP contribution >= 0.6 is 0 Å². The lowest BCUT2D eigenvalue weighted by Crippen LogP contribution is -2.23. The summed E-state index contributed by atoms with van der Waals surface area (Å²) >= 11 is 0. The number of ether oxygens (including phenoxy) is 2. The quantitative estimate of drug-likeness (QED) is 0.819. The first-order chi connectivity index (χ1) is 10.2. The summed E-state index contributed by atoms with van der Waals surface area (Å²) < 4.78 is 10.6. The van der Waals surface area contributed by atoms with Gasteiger partial charge in [0.25, 0.3) is 0 Å². The third kappa shape index (κ3) is 3.80. The summed E-state index contributed by atoms with van der Waals surface area (Å²) in [6, 6.07) is 6.40. The van der Waals surface area contributed by atoms with E-state index >= 15 is 0 Å². The number of nitrogens with zero attached hydrogens (tertiary/aromatic N) is 2. The molecule has 1 aromatic heterocycles. The number of methoxy groups -OCH3 is 2. The number of benzene rings is 1. The van der Waals surface area contributed by atoms with Crippen LogP contribution in [0.2, 0.25) is 0 Å². The summed E-state index contributed by atoms with van der Waals surface area (Å²) in [4.78, 5) is 4.17. The highest BCUT2D eigenvalue weighted by Crippen LogP contribution is 2.25. The van der Waals surface area contributed by atoms with Crippen molar-refractivity contribution in [2.75, 3.05) is 14.2 Å². The van der Waals surface area contributed by atoms with Crippen molar-refractivity contribution < 1.29 is 9.47 Å². The summed E-state index contributed by atoms with van der Waals surface area (Å²) in [7, 11) is 3.35. The van der Waals surface area contributed by atoms with E-state index in [0.717, 1.165) is 17.1 Å². The maximum atomic E-state index is 5.35. The van der Waals surface area contributed by atoms with E-state index in [1.54, 1.807) is 14.2 Å². The lowest BCUT2D eigenvalue weighted by Gasteiger charge is -2.20. The molecule has 0 spiro atoms. The van der Waals surface area contributed by atoms with Crippen LogP contribution in [0.1, 0.15) is 42.9 Å². The molecule has 0 aliphatic carbocycles. The van der Waals surface area contributed by atoms with E-state index in [0.29, 0.717) is 6.61 Å². The van der Waals surface area contributed by atoms with E-state index in [2.05, 4.69) is 46.5 Å². The smallest absolute Gasteiger partial charge is 0.141 e. The number of aromatic nitrogens is 3. The topological polar surface area (TPSA) is 72.1 Å². The van der Waals surface area contributed by atoms with Crippen LogP contribution in [-0.2, 0) is 11.3 Å². The summed E-state index contributed by atoms with van der Waals surface area (Å²) in [5.74, 6) is 1.67. The molecule has 2 N–H and O–H groups in total. The van der Waals surface area contributed by atoms with Crippen molar-refractivity contribution in [2.45, 2.75) is 32.5 Å². The Hall–Kier alpha value is -1.92. The maximum absolute atomic E-state index is 5.35. The molecule has 0 aliphatic heterocycles. The Bertz CT molecular complexity index is 557. The molecular formula is C15H22N4O2. The van der Waals surface area contributed by atoms with Crippen LogP contribution in [-0.4, -0.2) is 29.4 Å². The third-order valence-corrected chi connectivity index (χ3v) is 3.45. The highest BCUT2D eigenvalue weighted by molar-refractivity contribution is 5.38. The minimum Gasteiger partial charge on any atom is -0.496 e. The SMILES string of the molecule is COCc1cc(C(C)NC(C)c2ncn[nH]2)ccc1OC.